The molecule has 3 unspecified atom stereocenters. The average molecular weight is 392 g/mol. The lowest BCUT2D eigenvalue weighted by atomic mass is 9.93. The minimum absolute atomic E-state index is 0.163. The summed E-state index contributed by atoms with van der Waals surface area (Å²) in [5.41, 5.74) is 3.56. The molecule has 1 heterocycles. The van der Waals surface area contributed by atoms with Gasteiger partial charge >= 0.3 is 0 Å². The summed E-state index contributed by atoms with van der Waals surface area (Å²) < 4.78 is 12.6. The molecule has 2 nitrogen and oxygen atoms in total. The Kier molecular flexibility index (Phi) is 4.96. The Morgan fingerprint density at radius 1 is 1.42 bits per heavy atom. The molecule has 1 aliphatic heterocycles. The van der Waals surface area contributed by atoms with Crippen LogP contribution < -0.4 is 4.74 Å². The van der Waals surface area contributed by atoms with Crippen LogP contribution in [0.4, 0.5) is 0 Å². The molecule has 0 amide bonds. The summed E-state index contributed by atoms with van der Waals surface area (Å²) in [5.74, 6) is 1.53. The number of aryl methyl sites for hydroxylation is 1. The Bertz CT molecular complexity index is 474. The van der Waals surface area contributed by atoms with Crippen molar-refractivity contribution >= 4 is 31.9 Å². The highest BCUT2D eigenvalue weighted by atomic mass is 79.9. The summed E-state index contributed by atoms with van der Waals surface area (Å²) in [7, 11) is 1.73. The molecule has 1 aromatic carbocycles. The third-order valence-electron chi connectivity index (χ3n) is 3.92. The van der Waals surface area contributed by atoms with Crippen LogP contribution in [0.25, 0.3) is 0 Å². The van der Waals surface area contributed by atoms with Gasteiger partial charge in [-0.15, -0.1) is 0 Å². The zero-order chi connectivity index (χ0) is 14.2. The lowest BCUT2D eigenvalue weighted by Gasteiger charge is -2.26. The number of ether oxygens (including phenoxy) is 2. The number of hydrogen-bond donors (Lipinski definition) is 0. The second-order valence-electron chi connectivity index (χ2n) is 5.25. The van der Waals surface area contributed by atoms with Gasteiger partial charge < -0.3 is 9.47 Å². The number of alkyl halides is 1. The summed E-state index contributed by atoms with van der Waals surface area (Å²) in [6.07, 6.45) is 1.34. The summed E-state index contributed by atoms with van der Waals surface area (Å²) in [5, 5.41) is 0. The van der Waals surface area contributed by atoms with Gasteiger partial charge in [0.2, 0.25) is 0 Å². The summed E-state index contributed by atoms with van der Waals surface area (Å²) in [4.78, 5) is 0.163. The minimum Gasteiger partial charge on any atom is -0.496 e. The fraction of sp³-hybridized carbons (Fsp3) is 0.600. The molecule has 0 saturated carbocycles. The van der Waals surface area contributed by atoms with Crippen molar-refractivity contribution in [2.45, 2.75) is 38.1 Å². The van der Waals surface area contributed by atoms with Gasteiger partial charge in [0.1, 0.15) is 5.75 Å². The highest BCUT2D eigenvalue weighted by Crippen LogP contribution is 2.45. The van der Waals surface area contributed by atoms with Crippen molar-refractivity contribution in [3.8, 4) is 5.75 Å². The van der Waals surface area contributed by atoms with E-state index >= 15 is 0 Å². The van der Waals surface area contributed by atoms with E-state index in [-0.39, 0.29) is 10.9 Å². The maximum atomic E-state index is 5.90. The van der Waals surface area contributed by atoms with Crippen molar-refractivity contribution in [2.24, 2.45) is 5.92 Å². The summed E-state index contributed by atoms with van der Waals surface area (Å²) in [6.45, 7) is 7.29. The zero-order valence-corrected chi connectivity index (χ0v) is 15.0. The van der Waals surface area contributed by atoms with Crippen molar-refractivity contribution in [1.82, 2.24) is 0 Å². The van der Waals surface area contributed by atoms with E-state index in [4.69, 9.17) is 9.47 Å². The van der Waals surface area contributed by atoms with Crippen molar-refractivity contribution in [3.63, 3.8) is 0 Å². The first kappa shape index (κ1) is 15.3. The maximum absolute atomic E-state index is 5.90. The van der Waals surface area contributed by atoms with Crippen molar-refractivity contribution in [3.05, 3.63) is 27.2 Å². The van der Waals surface area contributed by atoms with E-state index in [1.165, 1.54) is 11.1 Å². The second-order valence-corrected chi connectivity index (χ2v) is 7.09. The molecule has 1 aliphatic rings. The van der Waals surface area contributed by atoms with E-state index in [0.717, 1.165) is 28.8 Å². The number of halogens is 2. The second kappa shape index (κ2) is 6.15. The van der Waals surface area contributed by atoms with E-state index in [2.05, 4.69) is 58.7 Å². The van der Waals surface area contributed by atoms with Crippen LogP contribution in [0, 0.1) is 19.8 Å². The van der Waals surface area contributed by atoms with Gasteiger partial charge in [0.05, 0.1) is 18.0 Å². The number of methoxy groups -OCH3 is 1. The van der Waals surface area contributed by atoms with Crippen molar-refractivity contribution in [1.29, 1.82) is 0 Å². The van der Waals surface area contributed by atoms with Gasteiger partial charge in [0.15, 0.2) is 0 Å². The first-order valence-electron chi connectivity index (χ1n) is 6.56. The van der Waals surface area contributed by atoms with E-state index in [9.17, 15) is 0 Å². The van der Waals surface area contributed by atoms with Crippen LogP contribution >= 0.6 is 31.9 Å². The summed E-state index contributed by atoms with van der Waals surface area (Å²) >= 11 is 7.47. The van der Waals surface area contributed by atoms with Crippen LogP contribution in [-0.2, 0) is 4.74 Å². The predicted octanol–water partition coefficient (Wildman–Crippen LogP) is 4.94. The molecule has 1 aromatic rings. The van der Waals surface area contributed by atoms with Gasteiger partial charge in [-0.05, 0) is 43.4 Å². The Morgan fingerprint density at radius 3 is 2.63 bits per heavy atom. The molecule has 4 heteroatoms. The largest absolute Gasteiger partial charge is 0.496 e. The van der Waals surface area contributed by atoms with Gasteiger partial charge in [0, 0.05) is 16.6 Å². The predicted molar refractivity (Wildman–Crippen MR) is 85.4 cm³/mol. The fourth-order valence-electron chi connectivity index (χ4n) is 2.73. The minimum atomic E-state index is 0.163. The third-order valence-corrected chi connectivity index (χ3v) is 5.72. The normalized spacial score (nSPS) is 24.5. The van der Waals surface area contributed by atoms with Gasteiger partial charge in [0.25, 0.3) is 0 Å². The van der Waals surface area contributed by atoms with E-state index in [1.54, 1.807) is 7.11 Å². The van der Waals surface area contributed by atoms with E-state index in [0.29, 0.717) is 5.92 Å². The fourth-order valence-corrected chi connectivity index (χ4v) is 4.52. The molecule has 0 aliphatic carbocycles. The molecular weight excluding hydrogens is 372 g/mol. The number of benzene rings is 1. The Labute approximate surface area is 132 Å². The van der Waals surface area contributed by atoms with Gasteiger partial charge in [-0.25, -0.2) is 0 Å². The maximum Gasteiger partial charge on any atom is 0.126 e. The zero-order valence-electron chi connectivity index (χ0n) is 11.8. The molecule has 3 atom stereocenters. The van der Waals surface area contributed by atoms with Gasteiger partial charge in [-0.3, -0.25) is 0 Å². The lowest BCUT2D eigenvalue weighted by Crippen LogP contribution is -2.20. The topological polar surface area (TPSA) is 18.5 Å². The molecule has 2 rings (SSSR count). The molecule has 1 fully saturated rings. The Balaban J connectivity index is 2.48. The lowest BCUT2D eigenvalue weighted by molar-refractivity contribution is 0.0928. The molecular formula is C15H20Br2O2. The van der Waals surface area contributed by atoms with Crippen molar-refractivity contribution < 1.29 is 9.47 Å². The van der Waals surface area contributed by atoms with E-state index < -0.39 is 0 Å². The molecule has 106 valence electrons. The molecule has 0 spiro atoms. The SMILES string of the molecule is COc1c(C)cc(Br)c(C)c1C(Br)C1OCCC1C. The quantitative estimate of drug-likeness (QED) is 0.679. The Morgan fingerprint density at radius 2 is 2.11 bits per heavy atom. The molecule has 19 heavy (non-hydrogen) atoms. The van der Waals surface area contributed by atoms with Gasteiger partial charge in [-0.1, -0.05) is 38.8 Å². The van der Waals surface area contributed by atoms with Crippen LogP contribution in [0.15, 0.2) is 10.5 Å². The smallest absolute Gasteiger partial charge is 0.126 e. The molecule has 1 saturated heterocycles. The summed E-state index contributed by atoms with van der Waals surface area (Å²) in [6, 6.07) is 2.11. The van der Waals surface area contributed by atoms with Gasteiger partial charge in [-0.2, -0.15) is 0 Å². The van der Waals surface area contributed by atoms with Crippen LogP contribution in [0.2, 0.25) is 0 Å². The highest BCUT2D eigenvalue weighted by Gasteiger charge is 2.34. The monoisotopic (exact) mass is 390 g/mol. The molecule has 0 aromatic heterocycles. The first-order chi connectivity index (χ1) is 8.97. The van der Waals surface area contributed by atoms with Crippen LogP contribution in [0.3, 0.4) is 0 Å². The first-order valence-corrected chi connectivity index (χ1v) is 8.27. The molecule has 0 radical (unpaired) electrons. The van der Waals surface area contributed by atoms with Crippen LogP contribution in [0.5, 0.6) is 5.75 Å². The van der Waals surface area contributed by atoms with Crippen LogP contribution in [0.1, 0.15) is 34.9 Å². The number of rotatable bonds is 3. The standard InChI is InChI=1S/C15H20Br2O2/c1-8-5-6-19-15(8)13(17)12-10(3)11(16)7-9(2)14(12)18-4/h7-8,13,15H,5-6H2,1-4H3. The third kappa shape index (κ3) is 2.86. The molecule has 0 N–H and O–H groups in total. The van der Waals surface area contributed by atoms with Crippen LogP contribution in [-0.4, -0.2) is 19.8 Å². The average Bonchev–Trinajstić information content (AvgIpc) is 2.79. The number of hydrogen-bond acceptors (Lipinski definition) is 2. The van der Waals surface area contributed by atoms with E-state index in [1.807, 2.05) is 0 Å². The Hall–Kier alpha value is -0.0600. The van der Waals surface area contributed by atoms with Crippen molar-refractivity contribution in [2.75, 3.05) is 13.7 Å². The molecule has 0 bridgehead atoms. The highest BCUT2D eigenvalue weighted by molar-refractivity contribution is 9.10.